The maximum atomic E-state index is 15.4. The number of carboxylic acid groups (broad SMARTS) is 6. The van der Waals surface area contributed by atoms with E-state index in [0.717, 1.165) is 36.4 Å². The van der Waals surface area contributed by atoms with Crippen LogP contribution in [0, 0.1) is 0 Å². The molecule has 0 heterocycles. The Kier molecular flexibility index (Phi) is 11.3. The number of ether oxygens (including phenoxy) is 3. The van der Waals surface area contributed by atoms with Crippen LogP contribution in [0.4, 0.5) is 0 Å². The van der Waals surface area contributed by atoms with Gasteiger partial charge in [0.1, 0.15) is 34.5 Å². The summed E-state index contributed by atoms with van der Waals surface area (Å²) in [6, 6.07) is 28.3. The van der Waals surface area contributed by atoms with Crippen LogP contribution in [0.3, 0.4) is 0 Å². The molecule has 296 valence electrons. The fourth-order valence-electron chi connectivity index (χ4n) is 5.88. The van der Waals surface area contributed by atoms with E-state index in [2.05, 4.69) is 0 Å². The Morgan fingerprint density at radius 2 is 0.508 bits per heavy atom. The second-order valence-electron chi connectivity index (χ2n) is 12.4. The van der Waals surface area contributed by atoms with Crippen LogP contribution < -0.4 is 30.1 Å². The summed E-state index contributed by atoms with van der Waals surface area (Å²) in [5.74, 6) is -8.07. The molecule has 6 aromatic rings. The SMILES string of the molecule is O=C(O)c1ccc(Oc2ccc(P(=O)(c3ccc(Oc4ccc(C(=O)O)c(C(=O)O)c4)cc3)c3ccc(Oc4ccc(C(=O)O)c(C(=O)O)c4)cc3)cc2)cc1C(=O)O. The first-order chi connectivity index (χ1) is 28.0. The predicted octanol–water partition coefficient (Wildman–Crippen LogP) is 6.89. The molecule has 0 fully saturated rings. The first-order valence-corrected chi connectivity index (χ1v) is 18.5. The second kappa shape index (κ2) is 16.5. The van der Waals surface area contributed by atoms with E-state index in [0.29, 0.717) is 15.9 Å². The Morgan fingerprint density at radius 1 is 0.305 bits per heavy atom. The van der Waals surface area contributed by atoms with E-state index in [-0.39, 0.29) is 34.5 Å². The molecule has 6 N–H and O–H groups in total. The van der Waals surface area contributed by atoms with Gasteiger partial charge in [0.15, 0.2) is 7.14 Å². The summed E-state index contributed by atoms with van der Waals surface area (Å²) in [4.78, 5) is 69.5. The highest BCUT2D eigenvalue weighted by atomic mass is 31.2. The van der Waals surface area contributed by atoms with E-state index < -0.39 is 76.3 Å². The van der Waals surface area contributed by atoms with Crippen molar-refractivity contribution in [3.05, 3.63) is 161 Å². The molecule has 0 spiro atoms. The summed E-state index contributed by atoms with van der Waals surface area (Å²) in [6.07, 6.45) is 0. The van der Waals surface area contributed by atoms with Crippen LogP contribution in [-0.2, 0) is 4.57 Å². The zero-order valence-corrected chi connectivity index (χ0v) is 30.7. The van der Waals surface area contributed by atoms with Gasteiger partial charge in [0.2, 0.25) is 0 Å². The maximum Gasteiger partial charge on any atom is 0.336 e. The number of benzene rings is 6. The summed E-state index contributed by atoms with van der Waals surface area (Å²) in [7, 11) is -3.79. The smallest absolute Gasteiger partial charge is 0.336 e. The largest absolute Gasteiger partial charge is 0.478 e. The average molecular weight is 819 g/mol. The Bertz CT molecular complexity index is 2430. The quantitative estimate of drug-likeness (QED) is 0.0576. The normalized spacial score (nSPS) is 10.9. The van der Waals surface area contributed by atoms with Crippen LogP contribution in [0.1, 0.15) is 62.1 Å². The third kappa shape index (κ3) is 8.62. The highest BCUT2D eigenvalue weighted by Crippen LogP contribution is 2.44. The van der Waals surface area contributed by atoms with E-state index in [1.165, 1.54) is 91.0 Å². The number of hydrogen-bond acceptors (Lipinski definition) is 10. The van der Waals surface area contributed by atoms with Crippen molar-refractivity contribution in [2.75, 3.05) is 0 Å². The number of rotatable bonds is 15. The standard InChI is InChI=1S/C42H27O16P/c43-37(44)31-16-7-25(19-34(31)40(49)50)56-22-1-10-28(11-2-22)59(55,29-12-3-23(4-13-29)57-26-8-17-32(38(45)46)35(20-26)41(51)52)30-14-5-24(6-15-30)58-27-9-18-33(39(47)48)36(21-27)42(53)54/h1-21H,(H,43,44)(H,45,46)(H,47,48)(H,49,50)(H,51,52)(H,53,54). The minimum atomic E-state index is -3.79. The minimum Gasteiger partial charge on any atom is -0.478 e. The molecule has 0 aromatic heterocycles. The Labute approximate surface area is 331 Å². The van der Waals surface area contributed by atoms with Gasteiger partial charge in [0.05, 0.1) is 33.4 Å². The molecule has 17 heteroatoms. The third-order valence-electron chi connectivity index (χ3n) is 8.66. The molecular weight excluding hydrogens is 791 g/mol. The summed E-state index contributed by atoms with van der Waals surface area (Å²) in [5.41, 5.74) is -2.77. The van der Waals surface area contributed by atoms with Crippen molar-refractivity contribution in [2.24, 2.45) is 0 Å². The topological polar surface area (TPSA) is 269 Å². The van der Waals surface area contributed by atoms with Crippen molar-refractivity contribution in [3.8, 4) is 34.5 Å². The molecule has 0 amide bonds. The van der Waals surface area contributed by atoms with Crippen molar-refractivity contribution in [1.82, 2.24) is 0 Å². The Hall–Kier alpha value is -8.23. The van der Waals surface area contributed by atoms with Gasteiger partial charge in [-0.1, -0.05) is 0 Å². The molecule has 0 aliphatic rings. The van der Waals surface area contributed by atoms with Crippen LogP contribution in [-0.4, -0.2) is 66.5 Å². The van der Waals surface area contributed by atoms with Gasteiger partial charge in [-0.2, -0.15) is 0 Å². The molecule has 0 saturated heterocycles. The van der Waals surface area contributed by atoms with Crippen LogP contribution >= 0.6 is 7.14 Å². The number of hydrogen-bond donors (Lipinski definition) is 6. The molecule has 0 unspecified atom stereocenters. The molecule has 0 radical (unpaired) electrons. The molecule has 0 atom stereocenters. The predicted molar refractivity (Wildman–Crippen MR) is 207 cm³/mol. The van der Waals surface area contributed by atoms with Crippen molar-refractivity contribution >= 4 is 58.9 Å². The minimum absolute atomic E-state index is 0.0238. The third-order valence-corrected chi connectivity index (χ3v) is 11.7. The van der Waals surface area contributed by atoms with Gasteiger partial charge in [-0.25, -0.2) is 28.8 Å². The highest BCUT2D eigenvalue weighted by Gasteiger charge is 2.30. The van der Waals surface area contributed by atoms with Crippen molar-refractivity contribution in [3.63, 3.8) is 0 Å². The molecule has 0 saturated carbocycles. The summed E-state index contributed by atoms with van der Waals surface area (Å²) in [5, 5.41) is 57.4. The van der Waals surface area contributed by atoms with Crippen molar-refractivity contribution in [1.29, 1.82) is 0 Å². The molecule has 0 aliphatic carbocycles. The molecule has 59 heavy (non-hydrogen) atoms. The fourth-order valence-corrected chi connectivity index (χ4v) is 8.48. The van der Waals surface area contributed by atoms with E-state index in [9.17, 15) is 59.4 Å². The first kappa shape index (κ1) is 40.4. The van der Waals surface area contributed by atoms with Gasteiger partial charge in [0.25, 0.3) is 0 Å². The van der Waals surface area contributed by atoms with Gasteiger partial charge >= 0.3 is 35.8 Å². The van der Waals surface area contributed by atoms with Gasteiger partial charge in [0, 0.05) is 15.9 Å². The fraction of sp³-hybridized carbons (Fsp3) is 0. The van der Waals surface area contributed by atoms with Crippen LogP contribution in [0.2, 0.25) is 0 Å². The summed E-state index contributed by atoms with van der Waals surface area (Å²) >= 11 is 0. The van der Waals surface area contributed by atoms with Gasteiger partial charge < -0.3 is 49.4 Å². The molecule has 0 bridgehead atoms. The molecule has 6 rings (SSSR count). The molecule has 0 aliphatic heterocycles. The van der Waals surface area contributed by atoms with E-state index in [1.54, 1.807) is 0 Å². The lowest BCUT2D eigenvalue weighted by molar-refractivity contribution is 0.0651. The van der Waals surface area contributed by atoms with Gasteiger partial charge in [-0.05, 0) is 127 Å². The van der Waals surface area contributed by atoms with E-state index in [1.807, 2.05) is 0 Å². The lowest BCUT2D eigenvalue weighted by Crippen LogP contribution is -2.25. The molecule has 6 aromatic carbocycles. The average Bonchev–Trinajstić information content (AvgIpc) is 3.21. The zero-order chi connectivity index (χ0) is 42.6. The van der Waals surface area contributed by atoms with E-state index >= 15 is 4.57 Å². The molecular formula is C42H27O16P. The monoisotopic (exact) mass is 818 g/mol. The van der Waals surface area contributed by atoms with Gasteiger partial charge in [-0.3, -0.25) is 0 Å². The van der Waals surface area contributed by atoms with Crippen molar-refractivity contribution < 1.29 is 78.2 Å². The summed E-state index contributed by atoms with van der Waals surface area (Å²) < 4.78 is 32.8. The number of carboxylic acids is 6. The Balaban J connectivity index is 1.34. The zero-order valence-electron chi connectivity index (χ0n) is 29.8. The maximum absolute atomic E-state index is 15.4. The second-order valence-corrected chi connectivity index (χ2v) is 15.1. The van der Waals surface area contributed by atoms with Crippen LogP contribution in [0.5, 0.6) is 34.5 Å². The van der Waals surface area contributed by atoms with Gasteiger partial charge in [-0.15, -0.1) is 0 Å². The van der Waals surface area contributed by atoms with Crippen LogP contribution in [0.25, 0.3) is 0 Å². The molecule has 16 nitrogen and oxygen atoms in total. The van der Waals surface area contributed by atoms with Crippen LogP contribution in [0.15, 0.2) is 127 Å². The summed E-state index contributed by atoms with van der Waals surface area (Å²) in [6.45, 7) is 0. The first-order valence-electron chi connectivity index (χ1n) is 16.8. The van der Waals surface area contributed by atoms with E-state index in [4.69, 9.17) is 14.2 Å². The lowest BCUT2D eigenvalue weighted by Gasteiger charge is -2.21. The Morgan fingerprint density at radius 3 is 0.712 bits per heavy atom. The number of aromatic carboxylic acids is 6. The highest BCUT2D eigenvalue weighted by molar-refractivity contribution is 7.85. The number of carbonyl (C=O) groups is 6. The lowest BCUT2D eigenvalue weighted by atomic mass is 10.1. The van der Waals surface area contributed by atoms with Crippen molar-refractivity contribution in [2.45, 2.75) is 0 Å².